The van der Waals surface area contributed by atoms with Gasteiger partial charge in [0.15, 0.2) is 0 Å². The van der Waals surface area contributed by atoms with E-state index in [1.807, 2.05) is 35.5 Å². The Labute approximate surface area is 144 Å². The number of aromatic amines is 1. The Morgan fingerprint density at radius 2 is 2.04 bits per heavy atom. The third-order valence-corrected chi connectivity index (χ3v) is 5.58. The van der Waals surface area contributed by atoms with Crippen LogP contribution in [0.5, 0.6) is 0 Å². The van der Waals surface area contributed by atoms with Crippen molar-refractivity contribution in [3.05, 3.63) is 59.4 Å². The molecule has 24 heavy (non-hydrogen) atoms. The number of amides is 1. The second-order valence-corrected chi connectivity index (χ2v) is 7.09. The zero-order chi connectivity index (χ0) is 16.4. The van der Waals surface area contributed by atoms with Crippen LogP contribution in [0.3, 0.4) is 0 Å². The van der Waals surface area contributed by atoms with Crippen molar-refractivity contribution in [1.29, 1.82) is 0 Å². The highest BCUT2D eigenvalue weighted by molar-refractivity contribution is 7.17. The van der Waals surface area contributed by atoms with E-state index in [4.69, 9.17) is 0 Å². The maximum absolute atomic E-state index is 12.9. The number of piperidine rings is 1. The summed E-state index contributed by atoms with van der Waals surface area (Å²) in [6, 6.07) is 9.93. The van der Waals surface area contributed by atoms with Crippen LogP contribution in [0.1, 0.15) is 34.0 Å². The molecular weight excluding hydrogens is 320 g/mol. The molecule has 0 spiro atoms. The Balaban J connectivity index is 1.50. The lowest BCUT2D eigenvalue weighted by Gasteiger charge is -2.32. The van der Waals surface area contributed by atoms with Gasteiger partial charge in [-0.1, -0.05) is 0 Å². The lowest BCUT2D eigenvalue weighted by molar-refractivity contribution is 0.0712. The second-order valence-electron chi connectivity index (χ2n) is 6.01. The van der Waals surface area contributed by atoms with Crippen LogP contribution in [0, 0.1) is 0 Å². The number of thiophene rings is 1. The molecule has 0 radical (unpaired) electrons. The molecule has 122 valence electrons. The van der Waals surface area contributed by atoms with Gasteiger partial charge in [-0.05, 0) is 48.7 Å². The maximum Gasteiger partial charge on any atom is 0.263 e. The Kier molecular flexibility index (Phi) is 4.13. The summed E-state index contributed by atoms with van der Waals surface area (Å²) in [4.78, 5) is 20.8. The first-order chi connectivity index (χ1) is 11.8. The van der Waals surface area contributed by atoms with E-state index in [1.165, 1.54) is 16.9 Å². The van der Waals surface area contributed by atoms with E-state index in [1.54, 1.807) is 6.20 Å². The van der Waals surface area contributed by atoms with Gasteiger partial charge in [0.05, 0.1) is 15.4 Å². The highest BCUT2D eigenvalue weighted by Gasteiger charge is 2.26. The molecule has 0 aliphatic carbocycles. The van der Waals surface area contributed by atoms with Crippen LogP contribution in [0.2, 0.25) is 0 Å². The number of H-pyrrole nitrogens is 1. The molecule has 1 saturated heterocycles. The van der Waals surface area contributed by atoms with E-state index in [-0.39, 0.29) is 5.91 Å². The van der Waals surface area contributed by atoms with Crippen LogP contribution >= 0.6 is 11.3 Å². The number of nitrogens with zero attached hydrogens (tertiary/aromatic N) is 3. The minimum atomic E-state index is 0.129. The first-order valence-corrected chi connectivity index (χ1v) is 8.92. The van der Waals surface area contributed by atoms with Crippen LogP contribution in [0.15, 0.2) is 48.9 Å². The standard InChI is InChI=1S/C18H18N4OS/c23-18(17-4-3-16(24-17)15-7-10-20-21-15)22-11-1-2-14(12-22)13-5-8-19-9-6-13/h3-10,14H,1-2,11-12H2,(H,20,21). The van der Waals surface area contributed by atoms with Crippen molar-refractivity contribution in [1.82, 2.24) is 20.1 Å². The zero-order valence-corrected chi connectivity index (χ0v) is 14.0. The van der Waals surface area contributed by atoms with Crippen molar-refractivity contribution in [2.45, 2.75) is 18.8 Å². The predicted octanol–water partition coefficient (Wildman–Crippen LogP) is 3.55. The van der Waals surface area contributed by atoms with Gasteiger partial charge >= 0.3 is 0 Å². The summed E-state index contributed by atoms with van der Waals surface area (Å²) < 4.78 is 0. The van der Waals surface area contributed by atoms with Crippen LogP contribution in [0.4, 0.5) is 0 Å². The van der Waals surface area contributed by atoms with Gasteiger partial charge in [0.25, 0.3) is 5.91 Å². The van der Waals surface area contributed by atoms with Crippen molar-refractivity contribution in [2.75, 3.05) is 13.1 Å². The fraction of sp³-hybridized carbons (Fsp3) is 0.278. The Morgan fingerprint density at radius 1 is 1.17 bits per heavy atom. The second kappa shape index (κ2) is 6.57. The summed E-state index contributed by atoms with van der Waals surface area (Å²) in [7, 11) is 0. The molecule has 3 aromatic rings. The molecule has 1 atom stereocenters. The third kappa shape index (κ3) is 2.97. The van der Waals surface area contributed by atoms with Gasteiger partial charge in [0, 0.05) is 37.6 Å². The van der Waals surface area contributed by atoms with Crippen molar-refractivity contribution in [2.24, 2.45) is 0 Å². The Morgan fingerprint density at radius 3 is 2.83 bits per heavy atom. The molecule has 1 aliphatic heterocycles. The van der Waals surface area contributed by atoms with Gasteiger partial charge in [-0.15, -0.1) is 11.3 Å². The maximum atomic E-state index is 12.9. The Hall–Kier alpha value is -2.47. The van der Waals surface area contributed by atoms with Crippen molar-refractivity contribution in [3.63, 3.8) is 0 Å². The number of carbonyl (C=O) groups excluding carboxylic acids is 1. The molecule has 3 aromatic heterocycles. The molecule has 1 aliphatic rings. The van der Waals surface area contributed by atoms with Crippen LogP contribution in [-0.2, 0) is 0 Å². The van der Waals surface area contributed by atoms with Crippen LogP contribution < -0.4 is 0 Å². The van der Waals surface area contributed by atoms with E-state index >= 15 is 0 Å². The van der Waals surface area contributed by atoms with Gasteiger partial charge in [-0.2, -0.15) is 5.10 Å². The highest BCUT2D eigenvalue weighted by atomic mass is 32.1. The number of hydrogen-bond acceptors (Lipinski definition) is 4. The van der Waals surface area contributed by atoms with Gasteiger partial charge in [0.2, 0.25) is 0 Å². The molecule has 0 saturated carbocycles. The number of pyridine rings is 1. The molecule has 1 N–H and O–H groups in total. The molecule has 6 heteroatoms. The SMILES string of the molecule is O=C(c1ccc(-c2ccn[nH]2)s1)N1CCCC(c2ccncc2)C1. The monoisotopic (exact) mass is 338 g/mol. The summed E-state index contributed by atoms with van der Waals surface area (Å²) in [5, 5.41) is 6.91. The van der Waals surface area contributed by atoms with Gasteiger partial charge in [0.1, 0.15) is 0 Å². The first-order valence-electron chi connectivity index (χ1n) is 8.10. The molecule has 1 amide bonds. The van der Waals surface area contributed by atoms with Gasteiger partial charge in [-0.25, -0.2) is 0 Å². The average Bonchev–Trinajstić information content (AvgIpc) is 3.33. The fourth-order valence-electron chi connectivity index (χ4n) is 3.22. The predicted molar refractivity (Wildman–Crippen MR) is 94.0 cm³/mol. The van der Waals surface area contributed by atoms with E-state index in [2.05, 4.69) is 27.3 Å². The van der Waals surface area contributed by atoms with E-state index in [0.717, 1.165) is 41.4 Å². The fourth-order valence-corrected chi connectivity index (χ4v) is 4.16. The van der Waals surface area contributed by atoms with Crippen molar-refractivity contribution >= 4 is 17.2 Å². The number of likely N-dealkylation sites (tertiary alicyclic amines) is 1. The van der Waals surface area contributed by atoms with Crippen molar-refractivity contribution in [3.8, 4) is 10.6 Å². The van der Waals surface area contributed by atoms with Gasteiger partial charge < -0.3 is 4.90 Å². The lowest BCUT2D eigenvalue weighted by Crippen LogP contribution is -2.38. The molecule has 1 fully saturated rings. The third-order valence-electron chi connectivity index (χ3n) is 4.47. The van der Waals surface area contributed by atoms with E-state index in [9.17, 15) is 4.79 Å². The minimum absolute atomic E-state index is 0.129. The topological polar surface area (TPSA) is 61.9 Å². The summed E-state index contributed by atoms with van der Waals surface area (Å²) in [6.45, 7) is 1.61. The lowest BCUT2D eigenvalue weighted by atomic mass is 9.91. The molecular formula is C18H18N4OS. The molecule has 4 rings (SSSR count). The van der Waals surface area contributed by atoms with Crippen LogP contribution in [0.25, 0.3) is 10.6 Å². The number of hydrogen-bond donors (Lipinski definition) is 1. The van der Waals surface area contributed by atoms with E-state index in [0.29, 0.717) is 5.92 Å². The quantitative estimate of drug-likeness (QED) is 0.794. The number of rotatable bonds is 3. The minimum Gasteiger partial charge on any atom is -0.337 e. The number of aromatic nitrogens is 3. The summed E-state index contributed by atoms with van der Waals surface area (Å²) in [5.74, 6) is 0.530. The average molecular weight is 338 g/mol. The summed E-state index contributed by atoms with van der Waals surface area (Å²) in [6.07, 6.45) is 7.54. The van der Waals surface area contributed by atoms with Crippen LogP contribution in [-0.4, -0.2) is 39.1 Å². The Bertz CT molecular complexity index is 813. The molecule has 1 unspecified atom stereocenters. The number of carbonyl (C=O) groups is 1. The summed E-state index contributed by atoms with van der Waals surface area (Å²) in [5.41, 5.74) is 2.22. The van der Waals surface area contributed by atoms with Crippen molar-refractivity contribution < 1.29 is 4.79 Å². The van der Waals surface area contributed by atoms with Gasteiger partial charge in [-0.3, -0.25) is 14.9 Å². The molecule has 5 nitrogen and oxygen atoms in total. The molecule has 4 heterocycles. The summed E-state index contributed by atoms with van der Waals surface area (Å²) >= 11 is 1.52. The van der Waals surface area contributed by atoms with E-state index < -0.39 is 0 Å². The largest absolute Gasteiger partial charge is 0.337 e. The smallest absolute Gasteiger partial charge is 0.263 e. The highest BCUT2D eigenvalue weighted by Crippen LogP contribution is 2.30. The molecule has 0 aromatic carbocycles. The first kappa shape index (κ1) is 15.1. The normalized spacial score (nSPS) is 17.8. The number of nitrogens with one attached hydrogen (secondary N) is 1. The zero-order valence-electron chi connectivity index (χ0n) is 13.2. The molecule has 0 bridgehead atoms.